The van der Waals surface area contributed by atoms with E-state index in [1.165, 1.54) is 19.2 Å². The molecular formula is C17H16F6O6S2. The normalized spacial score (nSPS) is 22.4. The van der Waals surface area contributed by atoms with Crippen molar-refractivity contribution in [2.45, 2.75) is 40.5 Å². The Hall–Kier alpha value is -1.80. The number of hydrogen-bond donors (Lipinski definition) is 0. The quantitative estimate of drug-likeness (QED) is 0.582. The maximum Gasteiger partial charge on any atom is 0.499 e. The fourth-order valence-electron chi connectivity index (χ4n) is 3.83. The molecule has 0 radical (unpaired) electrons. The molecule has 0 spiro atoms. The van der Waals surface area contributed by atoms with Crippen LogP contribution in [0.5, 0.6) is 5.75 Å². The molecule has 1 unspecified atom stereocenters. The van der Waals surface area contributed by atoms with Crippen molar-refractivity contribution in [3.05, 3.63) is 35.4 Å². The highest BCUT2D eigenvalue weighted by Gasteiger charge is 2.78. The standard InChI is InChI=1S/C17H16F6O6S2/c1-28-11-6-4-10(5-7-11)14-12(13-3-2-8-29-13)9-15(14,30(24,25)16(18,19)20)31(26,27)17(21,22)23/h4-7,13H,2-3,8-9H2,1H3. The van der Waals surface area contributed by atoms with E-state index in [2.05, 4.69) is 0 Å². The van der Waals surface area contributed by atoms with Crippen LogP contribution in [-0.2, 0) is 24.4 Å². The summed E-state index contributed by atoms with van der Waals surface area (Å²) in [4.78, 5) is 0. The van der Waals surface area contributed by atoms with Crippen molar-refractivity contribution >= 4 is 25.2 Å². The van der Waals surface area contributed by atoms with E-state index in [1.54, 1.807) is 0 Å². The number of hydrogen-bond acceptors (Lipinski definition) is 6. The molecule has 1 atom stereocenters. The maximum atomic E-state index is 13.5. The Labute approximate surface area is 173 Å². The predicted octanol–water partition coefficient (Wildman–Crippen LogP) is 3.60. The molecule has 1 fully saturated rings. The molecule has 0 amide bonds. The smallest absolute Gasteiger partial charge is 0.497 e. The third kappa shape index (κ3) is 3.33. The van der Waals surface area contributed by atoms with Crippen molar-refractivity contribution < 1.29 is 52.7 Å². The lowest BCUT2D eigenvalue weighted by Gasteiger charge is -2.46. The van der Waals surface area contributed by atoms with Crippen LogP contribution in [0.4, 0.5) is 26.3 Å². The van der Waals surface area contributed by atoms with E-state index in [1.807, 2.05) is 0 Å². The van der Waals surface area contributed by atoms with Crippen LogP contribution < -0.4 is 4.74 Å². The summed E-state index contributed by atoms with van der Waals surface area (Å²) in [6.07, 6.45) is -1.86. The Kier molecular flexibility index (Phi) is 5.67. The van der Waals surface area contributed by atoms with E-state index in [-0.39, 0.29) is 24.4 Å². The summed E-state index contributed by atoms with van der Waals surface area (Å²) in [7, 11) is -12.5. The topological polar surface area (TPSA) is 86.7 Å². The molecule has 2 aliphatic rings. The number of alkyl halides is 6. The van der Waals surface area contributed by atoms with Crippen molar-refractivity contribution in [1.29, 1.82) is 0 Å². The predicted molar refractivity (Wildman–Crippen MR) is 96.2 cm³/mol. The van der Waals surface area contributed by atoms with Gasteiger partial charge in [0.2, 0.25) is 4.08 Å². The Bertz CT molecular complexity index is 1050. The molecule has 1 aromatic carbocycles. The van der Waals surface area contributed by atoms with E-state index in [0.717, 1.165) is 12.1 Å². The van der Waals surface area contributed by atoms with E-state index in [4.69, 9.17) is 9.47 Å². The van der Waals surface area contributed by atoms with Crippen molar-refractivity contribution in [1.82, 2.24) is 0 Å². The van der Waals surface area contributed by atoms with Crippen molar-refractivity contribution in [2.24, 2.45) is 0 Å². The van der Waals surface area contributed by atoms with Gasteiger partial charge in [0.1, 0.15) is 5.75 Å². The van der Waals surface area contributed by atoms with E-state index in [0.29, 0.717) is 6.42 Å². The lowest BCUT2D eigenvalue weighted by atomic mass is 9.79. The second kappa shape index (κ2) is 7.37. The minimum atomic E-state index is -6.87. The number of halogens is 6. The first-order valence-corrected chi connectivity index (χ1v) is 11.7. The summed E-state index contributed by atoms with van der Waals surface area (Å²) < 4.78 is 136. The van der Waals surface area contributed by atoms with Crippen LogP contribution in [0, 0.1) is 0 Å². The zero-order chi connectivity index (χ0) is 23.5. The minimum absolute atomic E-state index is 0.148. The Morgan fingerprint density at radius 2 is 1.48 bits per heavy atom. The van der Waals surface area contributed by atoms with Gasteiger partial charge < -0.3 is 9.47 Å². The molecule has 1 aliphatic heterocycles. The second-order valence-corrected chi connectivity index (χ2v) is 11.6. The summed E-state index contributed by atoms with van der Waals surface area (Å²) >= 11 is 0. The van der Waals surface area contributed by atoms with Crippen molar-refractivity contribution in [2.75, 3.05) is 13.7 Å². The van der Waals surface area contributed by atoms with Gasteiger partial charge in [-0.05, 0) is 41.7 Å². The fourth-order valence-corrected chi connectivity index (χ4v) is 8.03. The molecule has 1 aliphatic carbocycles. The van der Waals surface area contributed by atoms with Crippen LogP contribution in [0.1, 0.15) is 24.8 Å². The first-order valence-electron chi connectivity index (χ1n) is 8.73. The number of rotatable bonds is 5. The Morgan fingerprint density at radius 1 is 0.968 bits per heavy atom. The molecule has 1 aromatic rings. The molecule has 1 heterocycles. The van der Waals surface area contributed by atoms with Gasteiger partial charge in [-0.3, -0.25) is 0 Å². The lowest BCUT2D eigenvalue weighted by Crippen LogP contribution is -2.61. The van der Waals surface area contributed by atoms with Gasteiger partial charge in [0, 0.05) is 13.0 Å². The van der Waals surface area contributed by atoms with Crippen molar-refractivity contribution in [3.8, 4) is 5.75 Å². The lowest BCUT2D eigenvalue weighted by molar-refractivity contribution is -0.0487. The van der Waals surface area contributed by atoms with Gasteiger partial charge in [-0.15, -0.1) is 0 Å². The summed E-state index contributed by atoms with van der Waals surface area (Å²) in [5.41, 5.74) is -14.2. The number of sulfone groups is 2. The van der Waals surface area contributed by atoms with Gasteiger partial charge in [0.05, 0.1) is 13.2 Å². The van der Waals surface area contributed by atoms with Crippen LogP contribution in [-0.4, -0.2) is 51.8 Å². The van der Waals surface area contributed by atoms with Crippen LogP contribution in [0.3, 0.4) is 0 Å². The minimum Gasteiger partial charge on any atom is -0.497 e. The molecular weight excluding hydrogens is 478 g/mol. The molecule has 0 saturated carbocycles. The largest absolute Gasteiger partial charge is 0.499 e. The summed E-state index contributed by atoms with van der Waals surface area (Å²) in [5, 5.41) is 0. The molecule has 0 aromatic heterocycles. The molecule has 31 heavy (non-hydrogen) atoms. The van der Waals surface area contributed by atoms with Gasteiger partial charge in [-0.2, -0.15) is 26.3 Å². The highest BCUT2D eigenvalue weighted by molar-refractivity contribution is 8.12. The molecule has 14 heteroatoms. The van der Waals surface area contributed by atoms with Gasteiger partial charge in [-0.25, -0.2) is 16.8 Å². The molecule has 174 valence electrons. The summed E-state index contributed by atoms with van der Waals surface area (Å²) in [5.74, 6) is 0.172. The number of ether oxygens (including phenoxy) is 2. The van der Waals surface area contributed by atoms with E-state index in [9.17, 15) is 43.2 Å². The molecule has 0 N–H and O–H groups in total. The fraction of sp³-hybridized carbons (Fsp3) is 0.529. The first-order chi connectivity index (χ1) is 14.1. The molecule has 0 bridgehead atoms. The average molecular weight is 494 g/mol. The monoisotopic (exact) mass is 494 g/mol. The Morgan fingerprint density at radius 3 is 1.87 bits per heavy atom. The number of benzene rings is 1. The van der Waals surface area contributed by atoms with Crippen LogP contribution in [0.25, 0.3) is 5.57 Å². The van der Waals surface area contributed by atoms with E-state index < -0.39 is 58.4 Å². The third-order valence-electron chi connectivity index (χ3n) is 5.30. The average Bonchev–Trinajstić information content (AvgIpc) is 3.13. The highest BCUT2D eigenvalue weighted by atomic mass is 32.3. The second-order valence-electron chi connectivity index (χ2n) is 6.96. The zero-order valence-corrected chi connectivity index (χ0v) is 17.4. The molecule has 6 nitrogen and oxygen atoms in total. The van der Waals surface area contributed by atoms with E-state index >= 15 is 0 Å². The number of methoxy groups -OCH3 is 1. The van der Waals surface area contributed by atoms with Crippen LogP contribution >= 0.6 is 0 Å². The third-order valence-corrected chi connectivity index (χ3v) is 10.3. The van der Waals surface area contributed by atoms with Crippen molar-refractivity contribution in [3.63, 3.8) is 0 Å². The summed E-state index contributed by atoms with van der Waals surface area (Å²) in [6.45, 7) is 0.148. The Balaban J connectivity index is 2.40. The maximum absolute atomic E-state index is 13.5. The van der Waals surface area contributed by atoms with Crippen LogP contribution in [0.15, 0.2) is 29.8 Å². The SMILES string of the molecule is COc1ccc(C2=C(C3CCCO3)CC2(S(=O)(=O)C(F)(F)F)S(=O)(=O)C(F)(F)F)cc1. The molecule has 3 rings (SSSR count). The first kappa shape index (κ1) is 23.9. The molecule has 1 saturated heterocycles. The van der Waals surface area contributed by atoms with Gasteiger partial charge in [0.15, 0.2) is 0 Å². The highest BCUT2D eigenvalue weighted by Crippen LogP contribution is 2.61. The van der Waals surface area contributed by atoms with Crippen LogP contribution in [0.2, 0.25) is 0 Å². The van der Waals surface area contributed by atoms with Gasteiger partial charge >= 0.3 is 11.0 Å². The summed E-state index contributed by atoms with van der Waals surface area (Å²) in [6, 6.07) is 4.35. The zero-order valence-electron chi connectivity index (χ0n) is 15.7. The van der Waals surface area contributed by atoms with Gasteiger partial charge in [-0.1, -0.05) is 12.1 Å². The van der Waals surface area contributed by atoms with Gasteiger partial charge in [0.25, 0.3) is 19.7 Å².